The Morgan fingerprint density at radius 1 is 1.27 bits per heavy atom. The fraction of sp³-hybridized carbons (Fsp3) is 0.417. The highest BCUT2D eigenvalue weighted by atomic mass is 32.1. The molecule has 0 saturated carbocycles. The van der Waals surface area contributed by atoms with Crippen molar-refractivity contribution in [2.45, 2.75) is 46.2 Å². The molecule has 4 heterocycles. The second-order valence-electron chi connectivity index (χ2n) is 8.60. The van der Waals surface area contributed by atoms with E-state index in [4.69, 9.17) is 9.72 Å². The molecule has 176 valence electrons. The largest absolute Gasteiger partial charge is 0.481 e. The van der Waals surface area contributed by atoms with Crippen LogP contribution in [0.5, 0.6) is 5.88 Å². The molecule has 1 atom stereocenters. The number of rotatable bonds is 7. The van der Waals surface area contributed by atoms with Crippen LogP contribution in [0, 0.1) is 12.8 Å². The van der Waals surface area contributed by atoms with E-state index in [1.807, 2.05) is 37.0 Å². The van der Waals surface area contributed by atoms with Crippen LogP contribution < -0.4 is 15.0 Å². The number of likely N-dealkylation sites (N-methyl/N-ethyl adjacent to an activating group) is 1. The van der Waals surface area contributed by atoms with E-state index in [1.54, 1.807) is 13.3 Å². The van der Waals surface area contributed by atoms with Gasteiger partial charge < -0.3 is 15.0 Å². The molecular formula is C24H32N6O2S. The Kier molecular flexibility index (Phi) is 7.63. The van der Waals surface area contributed by atoms with E-state index in [1.165, 1.54) is 0 Å². The van der Waals surface area contributed by atoms with Gasteiger partial charge >= 0.3 is 0 Å². The highest BCUT2D eigenvalue weighted by molar-refractivity contribution is 7.59. The topological polar surface area (TPSA) is 85.2 Å². The summed E-state index contributed by atoms with van der Waals surface area (Å²) in [5, 5.41) is 7.55. The summed E-state index contributed by atoms with van der Waals surface area (Å²) in [5.74, 6) is 0.869. The van der Waals surface area contributed by atoms with Gasteiger partial charge in [0.2, 0.25) is 11.8 Å². The minimum Gasteiger partial charge on any atom is -0.481 e. The van der Waals surface area contributed by atoms with Gasteiger partial charge in [0.1, 0.15) is 6.04 Å². The van der Waals surface area contributed by atoms with E-state index in [0.29, 0.717) is 12.4 Å². The Labute approximate surface area is 201 Å². The Hall–Kier alpha value is -3.07. The molecule has 0 aromatic carbocycles. The summed E-state index contributed by atoms with van der Waals surface area (Å²) in [4.78, 5) is 23.6. The van der Waals surface area contributed by atoms with Gasteiger partial charge in [-0.2, -0.15) is 18.6 Å². The molecule has 1 aliphatic rings. The summed E-state index contributed by atoms with van der Waals surface area (Å²) in [6, 6.07) is 5.81. The standard InChI is InChI=1S/C24H30N6O2.H2S/c1-15(2)22-23(31)28-21-16(3)27-19(11-20(21)29(22)4)9-8-17-12-26-30(13-17)14-18-7-6-10-25-24(18)32-5;/h6-7,10-13,15,22H,8-9,14H2,1-5H3,(H,28,31);1H2/t22-;/m0./s1. The predicted octanol–water partition coefficient (Wildman–Crippen LogP) is 3.35. The Bertz CT molecular complexity index is 1130. The number of amides is 1. The lowest BCUT2D eigenvalue weighted by Crippen LogP contribution is -2.49. The predicted molar refractivity (Wildman–Crippen MR) is 135 cm³/mol. The number of hydrogen-bond donors (Lipinski definition) is 1. The van der Waals surface area contributed by atoms with Crippen LogP contribution in [0.4, 0.5) is 11.4 Å². The van der Waals surface area contributed by atoms with Crippen molar-refractivity contribution in [2.24, 2.45) is 5.92 Å². The van der Waals surface area contributed by atoms with E-state index in [-0.39, 0.29) is 31.4 Å². The van der Waals surface area contributed by atoms with Crippen LogP contribution in [0.1, 0.15) is 36.4 Å². The maximum atomic E-state index is 12.5. The third-order valence-corrected chi connectivity index (χ3v) is 5.91. The molecule has 4 rings (SSSR count). The average molecular weight is 469 g/mol. The van der Waals surface area contributed by atoms with Crippen molar-refractivity contribution in [1.29, 1.82) is 0 Å². The first-order valence-electron chi connectivity index (χ1n) is 10.9. The highest BCUT2D eigenvalue weighted by Gasteiger charge is 2.34. The molecule has 1 N–H and O–H groups in total. The van der Waals surface area contributed by atoms with Gasteiger partial charge in [0.25, 0.3) is 0 Å². The van der Waals surface area contributed by atoms with Crippen molar-refractivity contribution in [1.82, 2.24) is 19.7 Å². The van der Waals surface area contributed by atoms with Gasteiger partial charge in [-0.05, 0) is 43.4 Å². The number of nitrogens with zero attached hydrogens (tertiary/aromatic N) is 5. The molecule has 33 heavy (non-hydrogen) atoms. The van der Waals surface area contributed by atoms with Crippen LogP contribution in [-0.4, -0.2) is 45.9 Å². The minimum absolute atomic E-state index is 0. The zero-order valence-corrected chi connectivity index (χ0v) is 20.8. The van der Waals surface area contributed by atoms with Crippen molar-refractivity contribution in [3.8, 4) is 5.88 Å². The minimum atomic E-state index is -0.181. The number of hydrogen-bond acceptors (Lipinski definition) is 6. The number of carbonyl (C=O) groups excluding carboxylic acids is 1. The van der Waals surface area contributed by atoms with Gasteiger partial charge in [0, 0.05) is 30.7 Å². The number of methoxy groups -OCH3 is 1. The first-order chi connectivity index (χ1) is 15.4. The maximum absolute atomic E-state index is 12.5. The van der Waals surface area contributed by atoms with E-state index in [2.05, 4.69) is 46.4 Å². The first kappa shape index (κ1) is 24.6. The number of anilines is 2. The molecule has 9 heteroatoms. The van der Waals surface area contributed by atoms with Crippen molar-refractivity contribution in [2.75, 3.05) is 24.4 Å². The number of nitrogens with one attached hydrogen (secondary N) is 1. The molecule has 0 radical (unpaired) electrons. The fourth-order valence-corrected chi connectivity index (χ4v) is 4.35. The Morgan fingerprint density at radius 3 is 2.79 bits per heavy atom. The molecule has 3 aromatic heterocycles. The highest BCUT2D eigenvalue weighted by Crippen LogP contribution is 2.35. The zero-order valence-electron chi connectivity index (χ0n) is 19.8. The number of fused-ring (bicyclic) bond motifs is 1. The van der Waals surface area contributed by atoms with Gasteiger partial charge in [-0.15, -0.1) is 0 Å². The molecule has 0 fully saturated rings. The lowest BCUT2D eigenvalue weighted by Gasteiger charge is -2.38. The first-order valence-corrected chi connectivity index (χ1v) is 10.9. The van der Waals surface area contributed by atoms with Gasteiger partial charge in [0.15, 0.2) is 0 Å². The van der Waals surface area contributed by atoms with E-state index in [0.717, 1.165) is 46.7 Å². The maximum Gasteiger partial charge on any atom is 0.247 e. The summed E-state index contributed by atoms with van der Waals surface area (Å²) in [6.45, 7) is 6.69. The summed E-state index contributed by atoms with van der Waals surface area (Å²) in [5.41, 5.74) is 5.84. The molecule has 3 aromatic rings. The molecule has 0 spiro atoms. The van der Waals surface area contributed by atoms with Crippen LogP contribution in [0.3, 0.4) is 0 Å². The van der Waals surface area contributed by atoms with Crippen LogP contribution in [0.15, 0.2) is 36.8 Å². The Morgan fingerprint density at radius 2 is 2.06 bits per heavy atom. The number of pyridine rings is 2. The van der Waals surface area contributed by atoms with Crippen LogP contribution in [-0.2, 0) is 24.2 Å². The van der Waals surface area contributed by atoms with Crippen molar-refractivity contribution < 1.29 is 9.53 Å². The third kappa shape index (κ3) is 5.13. The molecular weight excluding hydrogens is 436 g/mol. The average Bonchev–Trinajstić information content (AvgIpc) is 3.20. The molecule has 0 unspecified atom stereocenters. The zero-order chi connectivity index (χ0) is 22.8. The second-order valence-corrected chi connectivity index (χ2v) is 8.60. The second kappa shape index (κ2) is 10.2. The monoisotopic (exact) mass is 468 g/mol. The number of aryl methyl sites for hydroxylation is 3. The Balaban J connectivity index is 0.00000306. The number of aromatic nitrogens is 4. The fourth-order valence-electron chi connectivity index (χ4n) is 4.35. The quantitative estimate of drug-likeness (QED) is 0.572. The normalized spacial score (nSPS) is 15.2. The molecule has 0 aliphatic carbocycles. The van der Waals surface area contributed by atoms with Crippen molar-refractivity contribution in [3.63, 3.8) is 0 Å². The van der Waals surface area contributed by atoms with Gasteiger partial charge in [-0.25, -0.2) is 4.98 Å². The lowest BCUT2D eigenvalue weighted by atomic mass is 9.97. The van der Waals surface area contributed by atoms with E-state index >= 15 is 0 Å². The summed E-state index contributed by atoms with van der Waals surface area (Å²) >= 11 is 0. The van der Waals surface area contributed by atoms with Crippen LogP contribution >= 0.6 is 13.5 Å². The smallest absolute Gasteiger partial charge is 0.247 e. The summed E-state index contributed by atoms with van der Waals surface area (Å²) in [6.07, 6.45) is 7.30. The van der Waals surface area contributed by atoms with E-state index in [9.17, 15) is 4.79 Å². The van der Waals surface area contributed by atoms with Crippen molar-refractivity contribution in [3.05, 3.63) is 59.3 Å². The third-order valence-electron chi connectivity index (χ3n) is 5.91. The van der Waals surface area contributed by atoms with Gasteiger partial charge in [-0.1, -0.05) is 19.9 Å². The lowest BCUT2D eigenvalue weighted by molar-refractivity contribution is -0.118. The SMILES string of the molecule is COc1ncccc1Cn1cc(CCc2cc3c(c(C)n2)NC(=O)[C@H](C(C)C)N3C)cn1.S. The van der Waals surface area contributed by atoms with E-state index < -0.39 is 0 Å². The summed E-state index contributed by atoms with van der Waals surface area (Å²) in [7, 11) is 3.61. The molecule has 1 amide bonds. The number of ether oxygens (including phenoxy) is 1. The summed E-state index contributed by atoms with van der Waals surface area (Å²) < 4.78 is 7.23. The van der Waals surface area contributed by atoms with Gasteiger partial charge in [-0.3, -0.25) is 14.5 Å². The molecule has 0 saturated heterocycles. The van der Waals surface area contributed by atoms with Crippen molar-refractivity contribution >= 4 is 30.8 Å². The van der Waals surface area contributed by atoms with Crippen LogP contribution in [0.2, 0.25) is 0 Å². The van der Waals surface area contributed by atoms with Gasteiger partial charge in [0.05, 0.1) is 36.9 Å². The van der Waals surface area contributed by atoms with Crippen LogP contribution in [0.25, 0.3) is 0 Å². The molecule has 8 nitrogen and oxygen atoms in total. The number of carbonyl (C=O) groups is 1. The molecule has 0 bridgehead atoms. The molecule has 1 aliphatic heterocycles.